The molecule has 0 aliphatic rings. The third-order valence-corrected chi connectivity index (χ3v) is 7.26. The highest BCUT2D eigenvalue weighted by Gasteiger charge is 2.21. The zero-order valence-electron chi connectivity index (χ0n) is 18.7. The molecule has 3 aromatic carbocycles. The zero-order valence-corrected chi connectivity index (χ0v) is 19.5. The Morgan fingerprint density at radius 3 is 2.41 bits per heavy atom. The molecule has 9 heteroatoms. The van der Waals surface area contributed by atoms with Gasteiger partial charge in [0.15, 0.2) is 0 Å². The fourth-order valence-electron chi connectivity index (χ4n) is 3.43. The van der Waals surface area contributed by atoms with Gasteiger partial charge in [0.05, 0.1) is 16.3 Å². The number of aromatic amines is 1. The molecule has 0 spiro atoms. The molecule has 1 aromatic heterocycles. The summed E-state index contributed by atoms with van der Waals surface area (Å²) in [5.74, 6) is -0.366. The van der Waals surface area contributed by atoms with Gasteiger partial charge in [-0.1, -0.05) is 31.2 Å². The Kier molecular flexibility index (Phi) is 6.38. The number of hydrogen-bond donors (Lipinski definition) is 3. The first-order valence-electron chi connectivity index (χ1n) is 10.6. The number of nitrogens with zero attached hydrogens (tertiary/aromatic N) is 2. The van der Waals surface area contributed by atoms with Crippen molar-refractivity contribution in [1.82, 2.24) is 10.2 Å². The number of benzene rings is 3. The van der Waals surface area contributed by atoms with Crippen LogP contribution in [0.15, 0.2) is 83.8 Å². The molecule has 0 unspecified atom stereocenters. The maximum Gasteiger partial charge on any atom is 0.273 e. The van der Waals surface area contributed by atoms with E-state index in [1.807, 2.05) is 25.1 Å². The predicted molar refractivity (Wildman–Crippen MR) is 131 cm³/mol. The van der Waals surface area contributed by atoms with Gasteiger partial charge in [-0.15, -0.1) is 0 Å². The van der Waals surface area contributed by atoms with Crippen LogP contribution in [-0.2, 0) is 16.4 Å². The number of aryl methyl sites for hydroxylation is 1. The lowest BCUT2D eigenvalue weighted by Crippen LogP contribution is -2.26. The lowest BCUT2D eigenvalue weighted by atomic mass is 10.1. The molecule has 0 radical (unpaired) electrons. The van der Waals surface area contributed by atoms with Crippen LogP contribution in [-0.4, -0.2) is 36.7 Å². The number of rotatable bonds is 7. The smallest absolute Gasteiger partial charge is 0.273 e. The van der Waals surface area contributed by atoms with Gasteiger partial charge in [0.25, 0.3) is 15.9 Å². The molecule has 0 bridgehead atoms. The summed E-state index contributed by atoms with van der Waals surface area (Å²) in [5, 5.41) is 19.7. The Morgan fingerprint density at radius 2 is 1.74 bits per heavy atom. The first-order chi connectivity index (χ1) is 16.3. The number of phenols is 1. The van der Waals surface area contributed by atoms with Crippen molar-refractivity contribution >= 4 is 27.3 Å². The van der Waals surface area contributed by atoms with Crippen LogP contribution in [0.1, 0.15) is 23.0 Å². The highest BCUT2D eigenvalue weighted by Crippen LogP contribution is 2.29. The van der Waals surface area contributed by atoms with Crippen LogP contribution < -0.4 is 9.62 Å². The van der Waals surface area contributed by atoms with Crippen LogP contribution in [0.2, 0.25) is 0 Å². The third kappa shape index (κ3) is 4.65. The molecule has 1 heterocycles. The van der Waals surface area contributed by atoms with Gasteiger partial charge < -0.3 is 10.4 Å². The van der Waals surface area contributed by atoms with Crippen molar-refractivity contribution in [1.29, 1.82) is 0 Å². The standard InChI is InChI=1S/C25H24N4O4S/c1-3-17-9-14-24(30)21(15-17)22-16-23(28-27-22)25(31)26-18-10-12-20(13-11-18)34(32,33)29(2)19-7-5-4-6-8-19/h4-16,30H,3H2,1-2H3,(H,26,31)(H,27,28). The van der Waals surface area contributed by atoms with Gasteiger partial charge in [-0.25, -0.2) is 8.42 Å². The molecule has 0 aliphatic carbocycles. The molecule has 0 saturated carbocycles. The van der Waals surface area contributed by atoms with Crippen molar-refractivity contribution in [3.8, 4) is 17.0 Å². The number of aromatic nitrogens is 2. The second-order valence-electron chi connectivity index (χ2n) is 7.66. The number of carbonyl (C=O) groups is 1. The fraction of sp³-hybridized carbons (Fsp3) is 0.120. The van der Waals surface area contributed by atoms with Crippen molar-refractivity contribution < 1.29 is 18.3 Å². The van der Waals surface area contributed by atoms with Gasteiger partial charge in [0, 0.05) is 18.3 Å². The summed E-state index contributed by atoms with van der Waals surface area (Å²) in [6.07, 6.45) is 0.803. The molecule has 4 aromatic rings. The lowest BCUT2D eigenvalue weighted by molar-refractivity contribution is 0.102. The summed E-state index contributed by atoms with van der Waals surface area (Å²) in [7, 11) is -2.26. The van der Waals surface area contributed by atoms with Crippen LogP contribution in [0, 0.1) is 0 Å². The summed E-state index contributed by atoms with van der Waals surface area (Å²) >= 11 is 0. The molecule has 0 saturated heterocycles. The zero-order chi connectivity index (χ0) is 24.3. The molecule has 0 atom stereocenters. The number of hydrogen-bond acceptors (Lipinski definition) is 5. The van der Waals surface area contributed by atoms with Crippen molar-refractivity contribution in [2.75, 3.05) is 16.7 Å². The maximum absolute atomic E-state index is 12.9. The second-order valence-corrected chi connectivity index (χ2v) is 9.63. The number of H-pyrrole nitrogens is 1. The Balaban J connectivity index is 1.49. The minimum atomic E-state index is -3.75. The van der Waals surface area contributed by atoms with Crippen LogP contribution in [0.5, 0.6) is 5.75 Å². The predicted octanol–water partition coefficient (Wildman–Crippen LogP) is 4.42. The average Bonchev–Trinajstić information content (AvgIpc) is 3.35. The van der Waals surface area contributed by atoms with Gasteiger partial charge in [0.2, 0.25) is 0 Å². The minimum Gasteiger partial charge on any atom is -0.507 e. The van der Waals surface area contributed by atoms with Crippen molar-refractivity contribution in [3.63, 3.8) is 0 Å². The first-order valence-corrected chi connectivity index (χ1v) is 12.1. The molecule has 34 heavy (non-hydrogen) atoms. The van der Waals surface area contributed by atoms with Crippen molar-refractivity contribution in [2.45, 2.75) is 18.2 Å². The van der Waals surface area contributed by atoms with Gasteiger partial charge in [-0.2, -0.15) is 5.10 Å². The summed E-state index contributed by atoms with van der Waals surface area (Å²) in [6.45, 7) is 2.01. The second kappa shape index (κ2) is 9.40. The fourth-order valence-corrected chi connectivity index (χ4v) is 4.62. The number of sulfonamides is 1. The van der Waals surface area contributed by atoms with E-state index in [1.165, 1.54) is 35.6 Å². The summed E-state index contributed by atoms with van der Waals surface area (Å²) < 4.78 is 27.0. The summed E-state index contributed by atoms with van der Waals surface area (Å²) in [6, 6.07) is 21.5. The van der Waals surface area contributed by atoms with E-state index in [2.05, 4.69) is 15.5 Å². The molecular formula is C25H24N4O4S. The van der Waals surface area contributed by atoms with Crippen LogP contribution in [0.25, 0.3) is 11.3 Å². The quantitative estimate of drug-likeness (QED) is 0.365. The maximum atomic E-state index is 12.9. The van der Waals surface area contributed by atoms with E-state index in [0.29, 0.717) is 22.6 Å². The van der Waals surface area contributed by atoms with Gasteiger partial charge in [-0.3, -0.25) is 14.2 Å². The number of anilines is 2. The lowest BCUT2D eigenvalue weighted by Gasteiger charge is -2.19. The van der Waals surface area contributed by atoms with Gasteiger partial charge >= 0.3 is 0 Å². The van der Waals surface area contributed by atoms with E-state index in [-0.39, 0.29) is 16.3 Å². The Morgan fingerprint density at radius 1 is 1.03 bits per heavy atom. The summed E-state index contributed by atoms with van der Waals surface area (Å²) in [5.41, 5.74) is 3.20. The van der Waals surface area contributed by atoms with Gasteiger partial charge in [-0.05, 0) is 66.6 Å². The van der Waals surface area contributed by atoms with Crippen LogP contribution in [0.4, 0.5) is 11.4 Å². The van der Waals surface area contributed by atoms with Crippen LogP contribution in [0.3, 0.4) is 0 Å². The molecule has 0 fully saturated rings. The first kappa shape index (κ1) is 23.1. The van der Waals surface area contributed by atoms with Crippen molar-refractivity contribution in [2.24, 2.45) is 0 Å². The SMILES string of the molecule is CCc1ccc(O)c(-c2cc(C(=O)Nc3ccc(S(=O)(=O)N(C)c4ccccc4)cc3)[nH]n2)c1. The largest absolute Gasteiger partial charge is 0.507 e. The molecule has 8 nitrogen and oxygen atoms in total. The molecular weight excluding hydrogens is 452 g/mol. The normalized spacial score (nSPS) is 11.2. The van der Waals surface area contributed by atoms with E-state index in [4.69, 9.17) is 0 Å². The van der Waals surface area contributed by atoms with E-state index in [9.17, 15) is 18.3 Å². The highest BCUT2D eigenvalue weighted by atomic mass is 32.2. The minimum absolute atomic E-state index is 0.0768. The number of aromatic hydroxyl groups is 1. The number of para-hydroxylation sites is 1. The molecule has 0 aliphatic heterocycles. The van der Waals surface area contributed by atoms with Crippen LogP contribution >= 0.6 is 0 Å². The highest BCUT2D eigenvalue weighted by molar-refractivity contribution is 7.92. The third-order valence-electron chi connectivity index (χ3n) is 5.46. The number of nitrogens with one attached hydrogen (secondary N) is 2. The molecule has 174 valence electrons. The Hall–Kier alpha value is -4.11. The van der Waals surface area contributed by atoms with E-state index < -0.39 is 15.9 Å². The topological polar surface area (TPSA) is 115 Å². The molecule has 4 rings (SSSR count). The summed E-state index contributed by atoms with van der Waals surface area (Å²) in [4.78, 5) is 12.8. The van der Waals surface area contributed by atoms with E-state index in [0.717, 1.165) is 12.0 Å². The molecule has 1 amide bonds. The van der Waals surface area contributed by atoms with E-state index >= 15 is 0 Å². The number of amides is 1. The average molecular weight is 477 g/mol. The monoisotopic (exact) mass is 476 g/mol. The number of carbonyl (C=O) groups excluding carboxylic acids is 1. The van der Waals surface area contributed by atoms with E-state index in [1.54, 1.807) is 36.4 Å². The Labute approximate surface area is 197 Å². The molecule has 3 N–H and O–H groups in total. The van der Waals surface area contributed by atoms with Crippen molar-refractivity contribution in [3.05, 3.63) is 90.1 Å². The Bertz CT molecular complexity index is 1420. The van der Waals surface area contributed by atoms with Gasteiger partial charge in [0.1, 0.15) is 11.4 Å². The number of phenolic OH excluding ortho intramolecular Hbond substituents is 1.